The minimum atomic E-state index is -0.805. The molecule has 2 saturated heterocycles. The van der Waals surface area contributed by atoms with Crippen LogP contribution < -0.4 is 4.90 Å². The number of piperazine rings is 1. The standard InChI is InChI=1S/C28H38N2O5/c31-26(30-12-10-29(11-13-30)25-4-2-1-3-5-25)19-20-6-8-27(9-7-20)32-34-28(35-33-27)23-15-21-14-22(17-23)18-24(28)16-21/h1-5,20-24H,6-19H2. The number of carbonyl (C=O) groups excluding carboxylic acids is 1. The van der Waals surface area contributed by atoms with Crippen LogP contribution in [0.2, 0.25) is 0 Å². The molecule has 0 N–H and O–H groups in total. The van der Waals surface area contributed by atoms with Crippen molar-refractivity contribution in [1.29, 1.82) is 0 Å². The van der Waals surface area contributed by atoms with Crippen molar-refractivity contribution in [2.45, 2.75) is 75.8 Å². The maximum atomic E-state index is 13.0. The first kappa shape index (κ1) is 22.5. The monoisotopic (exact) mass is 482 g/mol. The molecular formula is C28H38N2O5. The van der Waals surface area contributed by atoms with E-state index >= 15 is 0 Å². The average molecular weight is 483 g/mol. The second-order valence-corrected chi connectivity index (χ2v) is 12.1. The van der Waals surface area contributed by atoms with Gasteiger partial charge in [0.1, 0.15) is 0 Å². The van der Waals surface area contributed by atoms with Crippen LogP contribution in [0, 0.1) is 29.6 Å². The molecule has 1 aromatic carbocycles. The number of nitrogens with zero attached hydrogens (tertiary/aromatic N) is 2. The van der Waals surface area contributed by atoms with Crippen LogP contribution in [0.1, 0.15) is 64.2 Å². The van der Waals surface area contributed by atoms with E-state index in [2.05, 4.69) is 29.2 Å². The number of hydrogen-bond acceptors (Lipinski definition) is 6. The summed E-state index contributed by atoms with van der Waals surface area (Å²) in [6, 6.07) is 10.5. The summed E-state index contributed by atoms with van der Waals surface area (Å²) in [4.78, 5) is 41.9. The molecule has 190 valence electrons. The molecule has 2 spiro atoms. The van der Waals surface area contributed by atoms with Crippen LogP contribution in [-0.2, 0) is 24.3 Å². The van der Waals surface area contributed by atoms with Gasteiger partial charge >= 0.3 is 0 Å². The van der Waals surface area contributed by atoms with Gasteiger partial charge in [0, 0.05) is 63.0 Å². The summed E-state index contributed by atoms with van der Waals surface area (Å²) in [5, 5.41) is 0. The summed E-state index contributed by atoms with van der Waals surface area (Å²) in [5.74, 6) is 1.61. The van der Waals surface area contributed by atoms with Crippen LogP contribution >= 0.6 is 0 Å². The van der Waals surface area contributed by atoms with Crippen molar-refractivity contribution < 1.29 is 24.3 Å². The quantitative estimate of drug-likeness (QED) is 0.584. The van der Waals surface area contributed by atoms with E-state index in [1.54, 1.807) is 0 Å². The molecule has 0 unspecified atom stereocenters. The Kier molecular flexibility index (Phi) is 5.61. The fourth-order valence-electron chi connectivity index (χ4n) is 8.14. The Balaban J connectivity index is 0.890. The van der Waals surface area contributed by atoms with Gasteiger partial charge in [-0.3, -0.25) is 4.79 Å². The molecule has 5 saturated carbocycles. The third-order valence-corrected chi connectivity index (χ3v) is 10.0. The highest BCUT2D eigenvalue weighted by Crippen LogP contribution is 2.62. The number of para-hydroxylation sites is 1. The average Bonchev–Trinajstić information content (AvgIpc) is 2.90. The highest BCUT2D eigenvalue weighted by atomic mass is 17.4. The van der Waals surface area contributed by atoms with Crippen LogP contribution in [0.15, 0.2) is 30.3 Å². The van der Waals surface area contributed by atoms with E-state index < -0.39 is 11.6 Å². The molecule has 0 aromatic heterocycles. The molecule has 1 aromatic rings. The Morgan fingerprint density at radius 1 is 0.800 bits per heavy atom. The lowest BCUT2D eigenvalue weighted by Gasteiger charge is -2.60. The lowest BCUT2D eigenvalue weighted by molar-refractivity contribution is -0.680. The predicted molar refractivity (Wildman–Crippen MR) is 129 cm³/mol. The van der Waals surface area contributed by atoms with Crippen molar-refractivity contribution >= 4 is 11.6 Å². The molecule has 7 fully saturated rings. The van der Waals surface area contributed by atoms with Crippen molar-refractivity contribution in [3.8, 4) is 0 Å². The Morgan fingerprint density at radius 2 is 1.40 bits per heavy atom. The van der Waals surface area contributed by atoms with Gasteiger partial charge in [0.2, 0.25) is 17.5 Å². The van der Waals surface area contributed by atoms with Gasteiger partial charge in [-0.1, -0.05) is 18.2 Å². The van der Waals surface area contributed by atoms with Crippen molar-refractivity contribution in [2.24, 2.45) is 29.6 Å². The van der Waals surface area contributed by atoms with Gasteiger partial charge in [0.05, 0.1) is 0 Å². The molecule has 7 aliphatic rings. The van der Waals surface area contributed by atoms with Crippen molar-refractivity contribution in [3.63, 3.8) is 0 Å². The van der Waals surface area contributed by atoms with Crippen LogP contribution in [0.3, 0.4) is 0 Å². The van der Waals surface area contributed by atoms with E-state index in [1.807, 2.05) is 11.0 Å². The van der Waals surface area contributed by atoms with Gasteiger partial charge in [-0.25, -0.2) is 0 Å². The van der Waals surface area contributed by atoms with Crippen molar-refractivity contribution in [3.05, 3.63) is 30.3 Å². The van der Waals surface area contributed by atoms with Gasteiger partial charge in [-0.15, -0.1) is 0 Å². The zero-order chi connectivity index (χ0) is 23.5. The molecule has 35 heavy (non-hydrogen) atoms. The minimum Gasteiger partial charge on any atom is -0.368 e. The van der Waals surface area contributed by atoms with Crippen LogP contribution in [0.4, 0.5) is 5.69 Å². The number of carbonyl (C=O) groups is 1. The largest absolute Gasteiger partial charge is 0.368 e. The summed E-state index contributed by atoms with van der Waals surface area (Å²) < 4.78 is 0. The highest BCUT2D eigenvalue weighted by molar-refractivity contribution is 5.76. The zero-order valence-corrected chi connectivity index (χ0v) is 20.6. The predicted octanol–water partition coefficient (Wildman–Crippen LogP) is 4.67. The molecule has 0 radical (unpaired) electrons. The van der Waals surface area contributed by atoms with Gasteiger partial charge in [0.25, 0.3) is 0 Å². The van der Waals surface area contributed by atoms with E-state index in [0.29, 0.717) is 37.0 Å². The second kappa shape index (κ2) is 8.72. The van der Waals surface area contributed by atoms with E-state index in [1.165, 1.54) is 37.8 Å². The molecule has 1 amide bonds. The maximum absolute atomic E-state index is 13.0. The Labute approximate surface area is 207 Å². The van der Waals surface area contributed by atoms with Gasteiger partial charge in [-0.2, -0.15) is 19.6 Å². The third kappa shape index (κ3) is 3.99. The summed E-state index contributed by atoms with van der Waals surface area (Å²) in [6.07, 6.45) is 9.92. The third-order valence-electron chi connectivity index (χ3n) is 10.0. The molecule has 7 nitrogen and oxygen atoms in total. The second-order valence-electron chi connectivity index (χ2n) is 12.1. The first-order chi connectivity index (χ1) is 17.1. The maximum Gasteiger partial charge on any atom is 0.239 e. The molecule has 2 aliphatic heterocycles. The first-order valence-electron chi connectivity index (χ1n) is 13.9. The smallest absolute Gasteiger partial charge is 0.239 e. The van der Waals surface area contributed by atoms with E-state index in [-0.39, 0.29) is 5.91 Å². The summed E-state index contributed by atoms with van der Waals surface area (Å²) >= 11 is 0. The first-order valence-corrected chi connectivity index (χ1v) is 13.9. The fourth-order valence-corrected chi connectivity index (χ4v) is 8.14. The van der Waals surface area contributed by atoms with Gasteiger partial charge < -0.3 is 9.80 Å². The Morgan fingerprint density at radius 3 is 2.00 bits per heavy atom. The molecule has 7 heteroatoms. The number of hydrogen-bond donors (Lipinski definition) is 0. The van der Waals surface area contributed by atoms with Crippen molar-refractivity contribution in [2.75, 3.05) is 31.1 Å². The van der Waals surface area contributed by atoms with E-state index in [0.717, 1.165) is 50.9 Å². The fraction of sp³-hybridized carbons (Fsp3) is 0.750. The summed E-state index contributed by atoms with van der Waals surface area (Å²) in [7, 11) is 0. The van der Waals surface area contributed by atoms with Crippen LogP contribution in [0.25, 0.3) is 0 Å². The van der Waals surface area contributed by atoms with Crippen LogP contribution in [0.5, 0.6) is 0 Å². The topological polar surface area (TPSA) is 60.5 Å². The number of anilines is 1. The molecule has 8 rings (SSSR count). The van der Waals surface area contributed by atoms with Crippen molar-refractivity contribution in [1.82, 2.24) is 4.90 Å². The summed E-state index contributed by atoms with van der Waals surface area (Å²) in [5.41, 5.74) is 1.24. The molecular weight excluding hydrogens is 444 g/mol. The van der Waals surface area contributed by atoms with E-state index in [9.17, 15) is 4.79 Å². The lowest BCUT2D eigenvalue weighted by Crippen LogP contribution is -2.64. The number of benzene rings is 1. The van der Waals surface area contributed by atoms with Gasteiger partial charge in [-0.05, 0) is 74.8 Å². The molecule has 0 atom stereocenters. The van der Waals surface area contributed by atoms with Crippen LogP contribution in [-0.4, -0.2) is 48.6 Å². The molecule has 4 bridgehead atoms. The number of rotatable bonds is 3. The highest BCUT2D eigenvalue weighted by Gasteiger charge is 2.64. The minimum absolute atomic E-state index is 0.282. The summed E-state index contributed by atoms with van der Waals surface area (Å²) in [6.45, 7) is 3.38. The Hall–Kier alpha value is -1.67. The SMILES string of the molecule is O=C(CC1CCC2(CC1)OOC1(OO2)C2CC3CC(C2)CC1C3)N1CCN(c2ccccc2)CC1. The zero-order valence-electron chi connectivity index (χ0n) is 20.6. The molecule has 5 aliphatic carbocycles. The lowest BCUT2D eigenvalue weighted by atomic mass is 9.53. The normalized spacial score (nSPS) is 42.7. The van der Waals surface area contributed by atoms with E-state index in [4.69, 9.17) is 19.6 Å². The Bertz CT molecular complexity index is 883. The number of amides is 1. The van der Waals surface area contributed by atoms with Gasteiger partial charge in [0.15, 0.2) is 0 Å². The molecule has 2 heterocycles.